The van der Waals surface area contributed by atoms with E-state index in [9.17, 15) is 4.79 Å². The maximum Gasteiger partial charge on any atom is 0.133 e. The lowest BCUT2D eigenvalue weighted by molar-refractivity contribution is -0.124. The molecule has 3 saturated carbocycles. The lowest BCUT2D eigenvalue weighted by Crippen LogP contribution is -2.30. The number of carbonyl (C=O) groups is 1. The molecule has 2 bridgehead atoms. The first-order valence-electron chi connectivity index (χ1n) is 4.84. The smallest absolute Gasteiger partial charge is 0.133 e. The first kappa shape index (κ1) is 6.22. The average Bonchev–Trinajstić information content (AvgIpc) is 2.41. The summed E-state index contributed by atoms with van der Waals surface area (Å²) >= 11 is 0. The number of hydrogen-bond donors (Lipinski definition) is 0. The second kappa shape index (κ2) is 1.88. The molecular formula is C10H14O. The molecule has 11 heavy (non-hydrogen) atoms. The van der Waals surface area contributed by atoms with Crippen LogP contribution in [0.5, 0.6) is 0 Å². The van der Waals surface area contributed by atoms with E-state index in [4.69, 9.17) is 0 Å². The Hall–Kier alpha value is -0.330. The van der Waals surface area contributed by atoms with E-state index in [1.807, 2.05) is 0 Å². The molecule has 0 aromatic heterocycles. The number of hydrogen-bond acceptors (Lipinski definition) is 1. The second-order valence-corrected chi connectivity index (χ2v) is 4.70. The first-order valence-corrected chi connectivity index (χ1v) is 4.84. The van der Waals surface area contributed by atoms with E-state index < -0.39 is 0 Å². The van der Waals surface area contributed by atoms with Gasteiger partial charge in [0.15, 0.2) is 0 Å². The van der Waals surface area contributed by atoms with Crippen LogP contribution in [0.4, 0.5) is 0 Å². The first-order chi connectivity index (χ1) is 5.33. The molecule has 0 spiro atoms. The lowest BCUT2D eigenvalue weighted by atomic mass is 9.71. The van der Waals surface area contributed by atoms with E-state index in [2.05, 4.69) is 0 Å². The van der Waals surface area contributed by atoms with Crippen molar-refractivity contribution in [1.29, 1.82) is 0 Å². The maximum absolute atomic E-state index is 11.2. The normalized spacial score (nSPS) is 53.6. The summed E-state index contributed by atoms with van der Waals surface area (Å²) in [6.45, 7) is 0. The molecule has 0 radical (unpaired) electrons. The zero-order valence-electron chi connectivity index (χ0n) is 6.75. The van der Waals surface area contributed by atoms with Crippen LogP contribution in [0.1, 0.15) is 32.1 Å². The Morgan fingerprint density at radius 1 is 1.00 bits per heavy atom. The van der Waals surface area contributed by atoms with E-state index in [0.29, 0.717) is 5.78 Å². The Kier molecular flexibility index (Phi) is 1.06. The fourth-order valence-electron chi connectivity index (χ4n) is 3.79. The summed E-state index contributed by atoms with van der Waals surface area (Å²) in [5, 5.41) is 0. The highest BCUT2D eigenvalue weighted by atomic mass is 16.1. The topological polar surface area (TPSA) is 17.1 Å². The Bertz CT molecular complexity index is 191. The number of fused-ring (bicyclic) bond motifs is 1. The molecule has 0 heterocycles. The minimum absolute atomic E-state index is 0.552. The quantitative estimate of drug-likeness (QED) is 0.516. The fraction of sp³-hybridized carbons (Fsp3) is 0.900. The second-order valence-electron chi connectivity index (χ2n) is 4.70. The highest BCUT2D eigenvalue weighted by molar-refractivity contribution is 5.80. The zero-order valence-corrected chi connectivity index (χ0v) is 6.75. The predicted molar refractivity (Wildman–Crippen MR) is 42.1 cm³/mol. The van der Waals surface area contributed by atoms with Crippen LogP contribution in [0.2, 0.25) is 0 Å². The van der Waals surface area contributed by atoms with Crippen molar-refractivity contribution in [1.82, 2.24) is 0 Å². The van der Waals surface area contributed by atoms with Crippen LogP contribution in [0.15, 0.2) is 0 Å². The minimum atomic E-state index is 0.552. The van der Waals surface area contributed by atoms with Gasteiger partial charge in [-0.3, -0.25) is 4.79 Å². The standard InChI is InChI=1S/C10H14O/c11-9-4-7-1-6-2-8(5-9)10(7)3-6/h6-8,10H,1-5H2/t6?,7-,8+,10?. The van der Waals surface area contributed by atoms with Crippen LogP contribution in [0, 0.1) is 23.7 Å². The van der Waals surface area contributed by atoms with Crippen molar-refractivity contribution in [3.05, 3.63) is 0 Å². The minimum Gasteiger partial charge on any atom is -0.300 e. The van der Waals surface area contributed by atoms with Crippen LogP contribution in [-0.4, -0.2) is 5.78 Å². The summed E-state index contributed by atoms with van der Waals surface area (Å²) in [5.41, 5.74) is 0. The van der Waals surface area contributed by atoms with Gasteiger partial charge in [-0.15, -0.1) is 0 Å². The van der Waals surface area contributed by atoms with Crippen molar-refractivity contribution in [3.63, 3.8) is 0 Å². The molecule has 0 aromatic rings. The van der Waals surface area contributed by atoms with Crippen molar-refractivity contribution in [2.45, 2.75) is 32.1 Å². The monoisotopic (exact) mass is 150 g/mol. The maximum atomic E-state index is 11.2. The summed E-state index contributed by atoms with van der Waals surface area (Å²) in [5.74, 6) is 4.18. The molecule has 60 valence electrons. The predicted octanol–water partition coefficient (Wildman–Crippen LogP) is 2.01. The molecule has 3 rings (SSSR count). The van der Waals surface area contributed by atoms with Gasteiger partial charge >= 0.3 is 0 Å². The van der Waals surface area contributed by atoms with Crippen LogP contribution in [0.3, 0.4) is 0 Å². The van der Waals surface area contributed by atoms with E-state index in [0.717, 1.165) is 36.5 Å². The SMILES string of the molecule is O=C1C[C@@H]2CC3CC2[C@@H](C1)C3. The Balaban J connectivity index is 1.92. The summed E-state index contributed by atoms with van der Waals surface area (Å²) in [4.78, 5) is 11.2. The van der Waals surface area contributed by atoms with Gasteiger partial charge in [0.2, 0.25) is 0 Å². The Labute approximate surface area is 67.2 Å². The van der Waals surface area contributed by atoms with Gasteiger partial charge in [-0.25, -0.2) is 0 Å². The number of carbonyl (C=O) groups excluding carboxylic acids is 1. The van der Waals surface area contributed by atoms with Gasteiger partial charge in [0, 0.05) is 12.8 Å². The number of rotatable bonds is 0. The van der Waals surface area contributed by atoms with Gasteiger partial charge in [0.25, 0.3) is 0 Å². The molecule has 3 aliphatic rings. The largest absolute Gasteiger partial charge is 0.300 e. The highest BCUT2D eigenvalue weighted by Gasteiger charge is 2.49. The zero-order chi connectivity index (χ0) is 7.42. The highest BCUT2D eigenvalue weighted by Crippen LogP contribution is 2.56. The summed E-state index contributed by atoms with van der Waals surface area (Å²) in [6, 6.07) is 0. The number of Topliss-reactive ketones (excluding diaryl/α,β-unsaturated/α-hetero) is 1. The molecule has 3 aliphatic carbocycles. The molecule has 0 amide bonds. The molecule has 3 fully saturated rings. The fourth-order valence-corrected chi connectivity index (χ4v) is 3.79. The van der Waals surface area contributed by atoms with Crippen molar-refractivity contribution < 1.29 is 4.79 Å². The average molecular weight is 150 g/mol. The third-order valence-corrected chi connectivity index (χ3v) is 4.07. The number of ketones is 1. The molecule has 4 atom stereocenters. The van der Waals surface area contributed by atoms with E-state index in [1.165, 1.54) is 19.3 Å². The van der Waals surface area contributed by atoms with Gasteiger partial charge in [-0.05, 0) is 42.9 Å². The molecule has 0 saturated heterocycles. The van der Waals surface area contributed by atoms with E-state index in [1.54, 1.807) is 0 Å². The molecule has 1 heteroatoms. The molecule has 0 N–H and O–H groups in total. The van der Waals surface area contributed by atoms with Crippen molar-refractivity contribution in [2.24, 2.45) is 23.7 Å². The third-order valence-electron chi connectivity index (χ3n) is 4.07. The Morgan fingerprint density at radius 3 is 2.18 bits per heavy atom. The van der Waals surface area contributed by atoms with Crippen LogP contribution < -0.4 is 0 Å². The van der Waals surface area contributed by atoms with Crippen molar-refractivity contribution in [3.8, 4) is 0 Å². The van der Waals surface area contributed by atoms with Gasteiger partial charge in [-0.2, -0.15) is 0 Å². The molecule has 0 aromatic carbocycles. The summed E-state index contributed by atoms with van der Waals surface area (Å²) in [7, 11) is 0. The molecule has 2 unspecified atom stereocenters. The van der Waals surface area contributed by atoms with Crippen molar-refractivity contribution >= 4 is 5.78 Å². The van der Waals surface area contributed by atoms with Gasteiger partial charge in [0.05, 0.1) is 0 Å². The van der Waals surface area contributed by atoms with Crippen LogP contribution in [0.25, 0.3) is 0 Å². The lowest BCUT2D eigenvalue weighted by Gasteiger charge is -2.33. The van der Waals surface area contributed by atoms with Crippen LogP contribution in [-0.2, 0) is 4.79 Å². The van der Waals surface area contributed by atoms with E-state index >= 15 is 0 Å². The van der Waals surface area contributed by atoms with Gasteiger partial charge in [-0.1, -0.05) is 0 Å². The van der Waals surface area contributed by atoms with Gasteiger partial charge in [0.1, 0.15) is 5.78 Å². The Morgan fingerprint density at radius 2 is 1.64 bits per heavy atom. The van der Waals surface area contributed by atoms with Crippen molar-refractivity contribution in [2.75, 3.05) is 0 Å². The molecular weight excluding hydrogens is 136 g/mol. The van der Waals surface area contributed by atoms with Gasteiger partial charge < -0.3 is 0 Å². The van der Waals surface area contributed by atoms with E-state index in [-0.39, 0.29) is 0 Å². The van der Waals surface area contributed by atoms with Crippen LogP contribution >= 0.6 is 0 Å². The molecule has 0 aliphatic heterocycles. The molecule has 1 nitrogen and oxygen atoms in total. The third kappa shape index (κ3) is 0.743. The summed E-state index contributed by atoms with van der Waals surface area (Å²) < 4.78 is 0. The summed E-state index contributed by atoms with van der Waals surface area (Å²) in [6.07, 6.45) is 6.08.